The smallest absolute Gasteiger partial charge is 0.272 e. The molecular weight excluding hydrogens is 442 g/mol. The minimum absolute atomic E-state index is 0.104. The number of sulfonamides is 1. The second kappa shape index (κ2) is 9.63. The lowest BCUT2D eigenvalue weighted by Gasteiger charge is -2.13. The summed E-state index contributed by atoms with van der Waals surface area (Å²) >= 11 is 0. The molecule has 0 radical (unpaired) electrons. The molecule has 2 aromatic rings. The molecule has 1 aliphatic carbocycles. The van der Waals surface area contributed by atoms with E-state index in [-0.39, 0.29) is 33.9 Å². The fourth-order valence-corrected chi connectivity index (χ4v) is 4.39. The normalized spacial score (nSPS) is 13.7. The van der Waals surface area contributed by atoms with Gasteiger partial charge in [0.1, 0.15) is 10.6 Å². The van der Waals surface area contributed by atoms with Gasteiger partial charge in [-0.15, -0.1) is 0 Å². The predicted octanol–water partition coefficient (Wildman–Crippen LogP) is 1.73. The van der Waals surface area contributed by atoms with Crippen LogP contribution < -0.4 is 14.8 Å². The number of ether oxygens (including phenoxy) is 2. The summed E-state index contributed by atoms with van der Waals surface area (Å²) in [5.74, 6) is -0.363. The van der Waals surface area contributed by atoms with Crippen LogP contribution in [0.1, 0.15) is 35.8 Å². The molecule has 13 heteroatoms. The summed E-state index contributed by atoms with van der Waals surface area (Å²) in [5.41, 5.74) is 0.145. The highest BCUT2D eigenvalue weighted by Crippen LogP contribution is 2.35. The lowest BCUT2D eigenvalue weighted by Crippen LogP contribution is -2.28. The van der Waals surface area contributed by atoms with Gasteiger partial charge in [-0.2, -0.15) is 5.10 Å². The van der Waals surface area contributed by atoms with Gasteiger partial charge < -0.3 is 14.8 Å². The van der Waals surface area contributed by atoms with E-state index in [1.807, 2.05) is 0 Å². The highest BCUT2D eigenvalue weighted by Gasteiger charge is 2.32. The van der Waals surface area contributed by atoms with Gasteiger partial charge in [0.15, 0.2) is 5.69 Å². The second-order valence-corrected chi connectivity index (χ2v) is 8.91. The zero-order chi connectivity index (χ0) is 23.5. The second-order valence-electron chi connectivity index (χ2n) is 7.23. The van der Waals surface area contributed by atoms with E-state index >= 15 is 0 Å². The van der Waals surface area contributed by atoms with E-state index in [2.05, 4.69) is 15.1 Å². The highest BCUT2D eigenvalue weighted by molar-refractivity contribution is 7.89. The fraction of sp³-hybridized carbons (Fsp3) is 0.474. The summed E-state index contributed by atoms with van der Waals surface area (Å²) < 4.78 is 40.5. The number of aromatic nitrogens is 2. The third-order valence-electron chi connectivity index (χ3n) is 4.77. The maximum Gasteiger partial charge on any atom is 0.272 e. The van der Waals surface area contributed by atoms with E-state index in [4.69, 9.17) is 9.47 Å². The molecule has 2 N–H and O–H groups in total. The standard InChI is InChI=1S/C19H25N5O7S/c1-4-23-19(12(2)17(21-23)18(25)20-9-10-30-3)31-15-8-7-14(24(26)27)11-16(15)32(28,29)22-13-5-6-13/h7-8,11,13,22H,4-6,9-10H2,1-3H3,(H,20,25). The van der Waals surface area contributed by atoms with Gasteiger partial charge in [0.25, 0.3) is 11.6 Å². The van der Waals surface area contributed by atoms with E-state index in [1.54, 1.807) is 13.8 Å². The van der Waals surface area contributed by atoms with Crippen molar-refractivity contribution in [2.75, 3.05) is 20.3 Å². The maximum atomic E-state index is 12.9. The molecule has 0 aliphatic heterocycles. The molecule has 0 unspecified atom stereocenters. The Labute approximate surface area is 185 Å². The van der Waals surface area contributed by atoms with Crippen molar-refractivity contribution in [3.05, 3.63) is 39.6 Å². The molecule has 1 heterocycles. The number of carbonyl (C=O) groups excluding carboxylic acids is 1. The topological polar surface area (TPSA) is 155 Å². The monoisotopic (exact) mass is 467 g/mol. The van der Waals surface area contributed by atoms with E-state index in [1.165, 1.54) is 17.9 Å². The number of hydrogen-bond acceptors (Lipinski definition) is 8. The molecule has 32 heavy (non-hydrogen) atoms. The van der Waals surface area contributed by atoms with Crippen LogP contribution >= 0.6 is 0 Å². The van der Waals surface area contributed by atoms with Gasteiger partial charge in [0.2, 0.25) is 15.9 Å². The summed E-state index contributed by atoms with van der Waals surface area (Å²) in [7, 11) is -2.55. The Bertz CT molecular complexity index is 1130. The molecule has 174 valence electrons. The van der Waals surface area contributed by atoms with Crippen LogP contribution in [-0.2, 0) is 21.3 Å². The molecule has 0 bridgehead atoms. The highest BCUT2D eigenvalue weighted by atomic mass is 32.2. The first kappa shape index (κ1) is 23.6. The van der Waals surface area contributed by atoms with E-state index < -0.39 is 20.9 Å². The Morgan fingerprint density at radius 2 is 2.09 bits per heavy atom. The van der Waals surface area contributed by atoms with Gasteiger partial charge in [0, 0.05) is 43.9 Å². The van der Waals surface area contributed by atoms with Gasteiger partial charge in [-0.3, -0.25) is 14.9 Å². The van der Waals surface area contributed by atoms with Crippen LogP contribution in [0.2, 0.25) is 0 Å². The predicted molar refractivity (Wildman–Crippen MR) is 113 cm³/mol. The summed E-state index contributed by atoms with van der Waals surface area (Å²) in [6.45, 7) is 4.38. The molecule has 0 atom stereocenters. The summed E-state index contributed by atoms with van der Waals surface area (Å²) in [6.07, 6.45) is 1.40. The Kier molecular flexibility index (Phi) is 7.11. The van der Waals surface area contributed by atoms with Gasteiger partial charge in [0.05, 0.1) is 11.5 Å². The fourth-order valence-electron chi connectivity index (χ4n) is 2.94. The zero-order valence-electron chi connectivity index (χ0n) is 18.0. The van der Waals surface area contributed by atoms with Crippen molar-refractivity contribution in [3.63, 3.8) is 0 Å². The number of nitrogens with zero attached hydrogens (tertiary/aromatic N) is 3. The molecule has 1 fully saturated rings. The average molecular weight is 468 g/mol. The summed E-state index contributed by atoms with van der Waals surface area (Å²) in [6, 6.07) is 3.15. The maximum absolute atomic E-state index is 12.9. The number of nitro groups is 1. The van der Waals surface area contributed by atoms with Crippen molar-refractivity contribution in [2.24, 2.45) is 0 Å². The molecule has 3 rings (SSSR count). The average Bonchev–Trinajstić information content (AvgIpc) is 3.50. The van der Waals surface area contributed by atoms with E-state index in [0.29, 0.717) is 38.1 Å². The Balaban J connectivity index is 1.99. The Morgan fingerprint density at radius 3 is 2.69 bits per heavy atom. The summed E-state index contributed by atoms with van der Waals surface area (Å²) in [5, 5.41) is 18.1. The van der Waals surface area contributed by atoms with Crippen LogP contribution in [-0.4, -0.2) is 55.3 Å². The molecule has 1 saturated carbocycles. The van der Waals surface area contributed by atoms with Crippen LogP contribution in [0.15, 0.2) is 23.1 Å². The van der Waals surface area contributed by atoms with Crippen LogP contribution in [0.3, 0.4) is 0 Å². The number of non-ortho nitro benzene ring substituents is 1. The molecule has 0 saturated heterocycles. The Morgan fingerprint density at radius 1 is 1.38 bits per heavy atom. The first-order valence-electron chi connectivity index (χ1n) is 10.0. The van der Waals surface area contributed by atoms with Crippen LogP contribution in [0.5, 0.6) is 11.6 Å². The lowest BCUT2D eigenvalue weighted by atomic mass is 10.2. The number of nitro benzene ring substituents is 1. The number of carbonyl (C=O) groups is 1. The number of nitrogens with one attached hydrogen (secondary N) is 2. The quantitative estimate of drug-likeness (QED) is 0.288. The van der Waals surface area contributed by atoms with E-state index in [0.717, 1.165) is 12.1 Å². The van der Waals surface area contributed by atoms with Crippen LogP contribution in [0, 0.1) is 17.0 Å². The lowest BCUT2D eigenvalue weighted by molar-refractivity contribution is -0.385. The number of hydrogen-bond donors (Lipinski definition) is 2. The number of benzene rings is 1. The molecule has 0 spiro atoms. The first-order valence-corrected chi connectivity index (χ1v) is 11.5. The number of rotatable bonds is 11. The van der Waals surface area contributed by atoms with Crippen molar-refractivity contribution in [1.29, 1.82) is 0 Å². The van der Waals surface area contributed by atoms with Gasteiger partial charge in [-0.1, -0.05) is 0 Å². The zero-order valence-corrected chi connectivity index (χ0v) is 18.8. The molecule has 1 aromatic heterocycles. The molecule has 1 aliphatic rings. The largest absolute Gasteiger partial charge is 0.438 e. The van der Waals surface area contributed by atoms with E-state index in [9.17, 15) is 23.3 Å². The van der Waals surface area contributed by atoms with Crippen molar-refractivity contribution >= 4 is 21.6 Å². The van der Waals surface area contributed by atoms with Crippen molar-refractivity contribution in [3.8, 4) is 11.6 Å². The first-order chi connectivity index (χ1) is 15.2. The SMILES string of the molecule is CCn1nc(C(=O)NCCOC)c(C)c1Oc1ccc([N+](=O)[O-])cc1S(=O)(=O)NC1CC1. The van der Waals surface area contributed by atoms with Crippen LogP contribution in [0.4, 0.5) is 5.69 Å². The van der Waals surface area contributed by atoms with Crippen molar-refractivity contribution < 1.29 is 27.6 Å². The van der Waals surface area contributed by atoms with Crippen molar-refractivity contribution in [1.82, 2.24) is 19.8 Å². The summed E-state index contributed by atoms with van der Waals surface area (Å²) in [4.78, 5) is 22.6. The number of amides is 1. The van der Waals surface area contributed by atoms with Gasteiger partial charge in [-0.05, 0) is 32.8 Å². The molecule has 1 aromatic carbocycles. The molecule has 12 nitrogen and oxygen atoms in total. The van der Waals surface area contributed by atoms with Crippen LogP contribution in [0.25, 0.3) is 0 Å². The van der Waals surface area contributed by atoms with Gasteiger partial charge in [-0.25, -0.2) is 17.8 Å². The third kappa shape index (κ3) is 5.23. The Hall–Kier alpha value is -3.03. The number of aryl methyl sites for hydroxylation is 1. The number of methoxy groups -OCH3 is 1. The van der Waals surface area contributed by atoms with Crippen molar-refractivity contribution in [2.45, 2.75) is 44.2 Å². The minimum atomic E-state index is -4.06. The van der Waals surface area contributed by atoms with Gasteiger partial charge >= 0.3 is 0 Å². The minimum Gasteiger partial charge on any atom is -0.438 e. The molecular formula is C19H25N5O7S. The third-order valence-corrected chi connectivity index (χ3v) is 6.31. The molecule has 1 amide bonds.